The summed E-state index contributed by atoms with van der Waals surface area (Å²) in [6.45, 7) is 2.32. The number of halogens is 4. The molecule has 0 unspecified atom stereocenters. The molecule has 0 aliphatic rings. The maximum Gasteiger partial charge on any atom is 0.416 e. The lowest BCUT2D eigenvalue weighted by molar-refractivity contribution is -0.161. The smallest absolute Gasteiger partial charge is 0.416 e. The monoisotopic (exact) mass is 415 g/mol. The average Bonchev–Trinajstić information content (AvgIpc) is 2.61. The molecule has 0 spiro atoms. The Morgan fingerprint density at radius 2 is 1.57 bits per heavy atom. The average molecular weight is 416 g/mol. The van der Waals surface area contributed by atoms with Crippen molar-refractivity contribution in [1.29, 1.82) is 0 Å². The van der Waals surface area contributed by atoms with Gasteiger partial charge in [-0.05, 0) is 62.4 Å². The molecule has 2 rings (SSSR count). The minimum Gasteiger partial charge on any atom is -0.476 e. The van der Waals surface area contributed by atoms with Gasteiger partial charge in [-0.3, -0.25) is 4.79 Å². The third-order valence-corrected chi connectivity index (χ3v) is 3.76. The number of hydrogen-bond acceptors (Lipinski definition) is 4. The van der Waals surface area contributed by atoms with Crippen LogP contribution in [0.3, 0.4) is 0 Å². The Morgan fingerprint density at radius 3 is 2.11 bits per heavy atom. The van der Waals surface area contributed by atoms with E-state index in [2.05, 4.69) is 5.32 Å². The van der Waals surface area contributed by atoms with Crippen LogP contribution in [0.2, 0.25) is 5.02 Å². The molecule has 0 aliphatic heterocycles. The molecule has 9 heteroatoms. The molecule has 0 aromatic heterocycles. The lowest BCUT2D eigenvalue weighted by Gasteiger charge is -2.24. The second kappa shape index (κ2) is 8.52. The van der Waals surface area contributed by atoms with Crippen molar-refractivity contribution in [3.63, 3.8) is 0 Å². The van der Waals surface area contributed by atoms with Crippen molar-refractivity contribution < 1.29 is 32.2 Å². The van der Waals surface area contributed by atoms with Gasteiger partial charge in [0.25, 0.3) is 5.91 Å². The zero-order chi connectivity index (χ0) is 20.9. The molecule has 0 saturated heterocycles. The first kappa shape index (κ1) is 21.6. The Kier molecular flexibility index (Phi) is 6.56. The highest BCUT2D eigenvalue weighted by molar-refractivity contribution is 6.30. The molecule has 0 fully saturated rings. The number of anilines is 1. The molecule has 0 atom stereocenters. The molecule has 0 bridgehead atoms. The summed E-state index contributed by atoms with van der Waals surface area (Å²) in [7, 11) is 0. The van der Waals surface area contributed by atoms with Gasteiger partial charge in [-0.25, -0.2) is 4.79 Å². The Balaban J connectivity index is 1.87. The van der Waals surface area contributed by atoms with Crippen LogP contribution in [0, 0.1) is 0 Å². The predicted molar refractivity (Wildman–Crippen MR) is 97.2 cm³/mol. The number of ether oxygens (including phenoxy) is 2. The fraction of sp³-hybridized carbons (Fsp3) is 0.263. The zero-order valence-electron chi connectivity index (χ0n) is 15.0. The Bertz CT molecular complexity index is 834. The highest BCUT2D eigenvalue weighted by atomic mass is 35.5. The first-order chi connectivity index (χ1) is 13.0. The molecule has 2 aromatic rings. The quantitative estimate of drug-likeness (QED) is 0.695. The lowest BCUT2D eigenvalue weighted by Crippen LogP contribution is -2.41. The van der Waals surface area contributed by atoms with Crippen molar-refractivity contribution >= 4 is 29.2 Å². The molecule has 28 heavy (non-hydrogen) atoms. The minimum absolute atomic E-state index is 0.144. The number of benzene rings is 2. The van der Waals surface area contributed by atoms with E-state index < -0.39 is 35.8 Å². The molecular weight excluding hydrogens is 399 g/mol. The van der Waals surface area contributed by atoms with Crippen molar-refractivity contribution in [3.05, 3.63) is 59.1 Å². The van der Waals surface area contributed by atoms with Gasteiger partial charge in [-0.15, -0.1) is 0 Å². The maximum atomic E-state index is 12.5. The van der Waals surface area contributed by atoms with Crippen LogP contribution in [0.4, 0.5) is 18.9 Å². The summed E-state index contributed by atoms with van der Waals surface area (Å²) in [5.41, 5.74) is -2.06. The minimum atomic E-state index is -4.46. The second-order valence-corrected chi connectivity index (χ2v) is 6.70. The number of alkyl halides is 3. The van der Waals surface area contributed by atoms with Crippen LogP contribution in [-0.4, -0.2) is 24.1 Å². The van der Waals surface area contributed by atoms with E-state index in [9.17, 15) is 22.8 Å². The zero-order valence-corrected chi connectivity index (χ0v) is 15.7. The third kappa shape index (κ3) is 6.16. The van der Waals surface area contributed by atoms with Gasteiger partial charge in [0, 0.05) is 10.7 Å². The van der Waals surface area contributed by atoms with Gasteiger partial charge in [0.05, 0.1) is 5.56 Å². The molecule has 5 nitrogen and oxygen atoms in total. The summed E-state index contributed by atoms with van der Waals surface area (Å²) in [5, 5.41) is 2.85. The number of hydrogen-bond donors (Lipinski definition) is 1. The van der Waals surface area contributed by atoms with Gasteiger partial charge < -0.3 is 14.8 Å². The molecule has 1 amide bonds. The number of amides is 1. The molecule has 0 saturated carbocycles. The van der Waals surface area contributed by atoms with Crippen LogP contribution in [0.25, 0.3) is 0 Å². The second-order valence-electron chi connectivity index (χ2n) is 6.27. The van der Waals surface area contributed by atoms with E-state index in [0.29, 0.717) is 10.8 Å². The summed E-state index contributed by atoms with van der Waals surface area (Å²) in [6, 6.07) is 10.2. The van der Waals surface area contributed by atoms with Gasteiger partial charge in [0.2, 0.25) is 0 Å². The molecular formula is C19H17ClF3NO4. The van der Waals surface area contributed by atoms with E-state index in [-0.39, 0.29) is 5.69 Å². The van der Waals surface area contributed by atoms with Crippen LogP contribution in [0.15, 0.2) is 48.5 Å². The highest BCUT2D eigenvalue weighted by Crippen LogP contribution is 2.29. The lowest BCUT2D eigenvalue weighted by atomic mass is 10.1. The van der Waals surface area contributed by atoms with E-state index in [0.717, 1.165) is 24.3 Å². The first-order valence-electron chi connectivity index (χ1n) is 8.06. The SMILES string of the molecule is CC(C)(Oc1ccc(Cl)cc1)C(=O)OCC(=O)Nc1ccc(C(F)(F)F)cc1. The summed E-state index contributed by atoms with van der Waals surface area (Å²) in [5.74, 6) is -1.10. The first-order valence-corrected chi connectivity index (χ1v) is 8.44. The summed E-state index contributed by atoms with van der Waals surface area (Å²) in [6.07, 6.45) is -4.46. The topological polar surface area (TPSA) is 64.6 Å². The number of carbonyl (C=O) groups excluding carboxylic acids is 2. The number of rotatable bonds is 6. The van der Waals surface area contributed by atoms with E-state index in [1.165, 1.54) is 13.8 Å². The van der Waals surface area contributed by atoms with Gasteiger partial charge in [-0.2, -0.15) is 13.2 Å². The standard InChI is InChI=1S/C19H17ClF3NO4/c1-18(2,28-15-9-5-13(20)6-10-15)17(26)27-11-16(25)24-14-7-3-12(4-8-14)19(21,22)23/h3-10H,11H2,1-2H3,(H,24,25). The Morgan fingerprint density at radius 1 is 1.00 bits per heavy atom. The predicted octanol–water partition coefficient (Wildman–Crippen LogP) is 4.70. The number of carbonyl (C=O) groups is 2. The molecule has 2 aromatic carbocycles. The van der Waals surface area contributed by atoms with Gasteiger partial charge >= 0.3 is 12.1 Å². The van der Waals surface area contributed by atoms with E-state index in [1.54, 1.807) is 24.3 Å². The largest absolute Gasteiger partial charge is 0.476 e. The third-order valence-electron chi connectivity index (χ3n) is 3.51. The van der Waals surface area contributed by atoms with Crippen molar-refractivity contribution in [2.24, 2.45) is 0 Å². The van der Waals surface area contributed by atoms with Crippen LogP contribution in [0.5, 0.6) is 5.75 Å². The molecule has 0 heterocycles. The van der Waals surface area contributed by atoms with Gasteiger partial charge in [0.1, 0.15) is 5.75 Å². The van der Waals surface area contributed by atoms with Crippen molar-refractivity contribution in [2.45, 2.75) is 25.6 Å². The molecule has 0 aliphatic carbocycles. The molecule has 1 N–H and O–H groups in total. The Labute approximate surface area is 164 Å². The number of esters is 1. The number of nitrogens with one attached hydrogen (secondary N) is 1. The highest BCUT2D eigenvalue weighted by Gasteiger charge is 2.32. The fourth-order valence-electron chi connectivity index (χ4n) is 2.08. The van der Waals surface area contributed by atoms with Crippen LogP contribution >= 0.6 is 11.6 Å². The van der Waals surface area contributed by atoms with Crippen molar-refractivity contribution in [1.82, 2.24) is 0 Å². The fourth-order valence-corrected chi connectivity index (χ4v) is 2.21. The van der Waals surface area contributed by atoms with Gasteiger partial charge in [-0.1, -0.05) is 11.6 Å². The Hall–Kier alpha value is -2.74. The molecule has 0 radical (unpaired) electrons. The van der Waals surface area contributed by atoms with Crippen molar-refractivity contribution in [2.75, 3.05) is 11.9 Å². The maximum absolute atomic E-state index is 12.5. The van der Waals surface area contributed by atoms with E-state index in [1.807, 2.05) is 0 Å². The van der Waals surface area contributed by atoms with Crippen LogP contribution in [0.1, 0.15) is 19.4 Å². The van der Waals surface area contributed by atoms with Gasteiger partial charge in [0.15, 0.2) is 12.2 Å². The van der Waals surface area contributed by atoms with Crippen LogP contribution in [-0.2, 0) is 20.5 Å². The van der Waals surface area contributed by atoms with Crippen molar-refractivity contribution in [3.8, 4) is 5.75 Å². The normalized spacial score (nSPS) is 11.6. The summed E-state index contributed by atoms with van der Waals surface area (Å²) >= 11 is 5.78. The van der Waals surface area contributed by atoms with E-state index in [4.69, 9.17) is 21.1 Å². The van der Waals surface area contributed by atoms with Crippen LogP contribution < -0.4 is 10.1 Å². The van der Waals surface area contributed by atoms with E-state index >= 15 is 0 Å². The molecule has 150 valence electrons. The summed E-state index contributed by atoms with van der Waals surface area (Å²) in [4.78, 5) is 24.0. The summed E-state index contributed by atoms with van der Waals surface area (Å²) < 4.78 is 48.0.